The molecule has 0 saturated carbocycles. The first-order valence-electron chi connectivity index (χ1n) is 10.7. The summed E-state index contributed by atoms with van der Waals surface area (Å²) < 4.78 is 6.78. The molecule has 1 aliphatic rings. The lowest BCUT2D eigenvalue weighted by atomic mass is 10.0. The Morgan fingerprint density at radius 3 is 2.75 bits per heavy atom. The van der Waals surface area contributed by atoms with Gasteiger partial charge in [-0.1, -0.05) is 18.2 Å². The summed E-state index contributed by atoms with van der Waals surface area (Å²) in [5.41, 5.74) is 2.00. The Morgan fingerprint density at radius 1 is 1.25 bits per heavy atom. The van der Waals surface area contributed by atoms with Crippen LogP contribution >= 0.6 is 0 Å². The topological polar surface area (TPSA) is 109 Å². The average Bonchev–Trinajstić information content (AvgIpc) is 3.22. The third-order valence-electron chi connectivity index (χ3n) is 5.78. The number of hydrogen-bond donors (Lipinski definition) is 2. The minimum absolute atomic E-state index is 0.00405. The molecule has 9 nitrogen and oxygen atoms in total. The van der Waals surface area contributed by atoms with E-state index in [1.54, 1.807) is 25.1 Å². The maximum absolute atomic E-state index is 12.9. The summed E-state index contributed by atoms with van der Waals surface area (Å²) in [4.78, 5) is 41.7. The molecule has 0 atom stereocenters. The van der Waals surface area contributed by atoms with Crippen molar-refractivity contribution in [2.45, 2.75) is 38.6 Å². The summed E-state index contributed by atoms with van der Waals surface area (Å²) in [6.45, 7) is 2.82. The van der Waals surface area contributed by atoms with Crippen LogP contribution in [0, 0.1) is 6.92 Å². The van der Waals surface area contributed by atoms with E-state index in [2.05, 4.69) is 15.4 Å². The molecule has 1 aliphatic heterocycles. The lowest BCUT2D eigenvalue weighted by Crippen LogP contribution is -2.46. The zero-order chi connectivity index (χ0) is 22.7. The molecule has 0 aliphatic carbocycles. The molecular formula is C23H27N5O4. The first-order valence-corrected chi connectivity index (χ1v) is 10.7. The minimum Gasteiger partial charge on any atom is -0.496 e. The van der Waals surface area contributed by atoms with Crippen molar-refractivity contribution in [3.63, 3.8) is 0 Å². The van der Waals surface area contributed by atoms with E-state index in [1.807, 2.05) is 24.3 Å². The zero-order valence-corrected chi connectivity index (χ0v) is 18.3. The second-order valence-corrected chi connectivity index (χ2v) is 8.07. The molecule has 1 aromatic carbocycles. The number of amides is 2. The van der Waals surface area contributed by atoms with E-state index >= 15 is 0 Å². The molecule has 4 rings (SSSR count). The number of fused-ring (bicyclic) bond motifs is 1. The molecule has 0 radical (unpaired) electrons. The van der Waals surface area contributed by atoms with Gasteiger partial charge in [0.15, 0.2) is 5.69 Å². The van der Waals surface area contributed by atoms with Gasteiger partial charge < -0.3 is 19.9 Å². The van der Waals surface area contributed by atoms with Crippen LogP contribution in [0.3, 0.4) is 0 Å². The highest BCUT2D eigenvalue weighted by Gasteiger charge is 2.26. The number of nitrogens with zero attached hydrogens (tertiary/aromatic N) is 3. The van der Waals surface area contributed by atoms with Crippen LogP contribution in [0.4, 0.5) is 0 Å². The Bertz CT molecular complexity index is 1190. The van der Waals surface area contributed by atoms with Crippen molar-refractivity contribution < 1.29 is 14.3 Å². The van der Waals surface area contributed by atoms with E-state index in [4.69, 9.17) is 4.74 Å². The lowest BCUT2D eigenvalue weighted by molar-refractivity contribution is -0.122. The number of H-pyrrole nitrogens is 1. The van der Waals surface area contributed by atoms with E-state index in [1.165, 1.54) is 10.6 Å². The summed E-state index contributed by atoms with van der Waals surface area (Å²) in [6.07, 6.45) is 4.03. The standard InChI is InChI=1S/C23H27N5O4/c1-15-14-28-19(22(30)24-15)13-18(26-28)23(31)27-11-9-17(10-12-27)25-21(29)8-7-16-5-3-4-6-20(16)32-2/h3-6,13-14,17H,7-12H2,1-2H3,(H,24,30)(H,25,29). The number of benzene rings is 1. The second-order valence-electron chi connectivity index (χ2n) is 8.07. The van der Waals surface area contributed by atoms with Crippen molar-refractivity contribution >= 4 is 17.3 Å². The van der Waals surface area contributed by atoms with Gasteiger partial charge in [-0.25, -0.2) is 4.52 Å². The van der Waals surface area contributed by atoms with E-state index in [9.17, 15) is 14.4 Å². The molecule has 2 N–H and O–H groups in total. The number of hydrogen-bond acceptors (Lipinski definition) is 5. The molecular weight excluding hydrogens is 410 g/mol. The molecule has 0 bridgehead atoms. The van der Waals surface area contributed by atoms with Crippen LogP contribution in [-0.2, 0) is 11.2 Å². The number of nitrogens with one attached hydrogen (secondary N) is 2. The van der Waals surface area contributed by atoms with Crippen LogP contribution in [0.1, 0.15) is 41.0 Å². The van der Waals surface area contributed by atoms with Crippen molar-refractivity contribution in [1.29, 1.82) is 0 Å². The average molecular weight is 438 g/mol. The molecule has 3 aromatic rings. The van der Waals surface area contributed by atoms with Gasteiger partial charge in [0.25, 0.3) is 11.5 Å². The van der Waals surface area contributed by atoms with Crippen molar-refractivity contribution in [2.75, 3.05) is 20.2 Å². The van der Waals surface area contributed by atoms with Gasteiger partial charge in [0.2, 0.25) is 5.91 Å². The van der Waals surface area contributed by atoms with Crippen molar-refractivity contribution in [3.8, 4) is 5.75 Å². The molecule has 1 fully saturated rings. The molecule has 0 unspecified atom stereocenters. The predicted octanol–water partition coefficient (Wildman–Crippen LogP) is 1.69. The van der Waals surface area contributed by atoms with E-state index in [-0.39, 0.29) is 29.1 Å². The normalized spacial score (nSPS) is 14.5. The molecule has 0 spiro atoms. The number of aromatic amines is 1. The maximum Gasteiger partial charge on any atom is 0.274 e. The van der Waals surface area contributed by atoms with Crippen LogP contribution in [0.25, 0.3) is 5.52 Å². The zero-order valence-electron chi connectivity index (χ0n) is 18.3. The molecule has 2 amide bonds. The molecule has 1 saturated heterocycles. The highest BCUT2D eigenvalue weighted by atomic mass is 16.5. The fourth-order valence-electron chi connectivity index (χ4n) is 4.07. The highest BCUT2D eigenvalue weighted by molar-refractivity contribution is 5.93. The molecule has 9 heteroatoms. The fourth-order valence-corrected chi connectivity index (χ4v) is 4.07. The Hall–Kier alpha value is -3.62. The Kier molecular flexibility index (Phi) is 6.25. The van der Waals surface area contributed by atoms with Gasteiger partial charge in [-0.2, -0.15) is 5.10 Å². The predicted molar refractivity (Wildman–Crippen MR) is 119 cm³/mol. The number of aryl methyl sites for hydroxylation is 2. The minimum atomic E-state index is -0.272. The fraction of sp³-hybridized carbons (Fsp3) is 0.391. The molecule has 3 heterocycles. The summed E-state index contributed by atoms with van der Waals surface area (Å²) in [6, 6.07) is 9.25. The summed E-state index contributed by atoms with van der Waals surface area (Å²) in [5.74, 6) is 0.582. The number of aromatic nitrogens is 3. The number of ether oxygens (including phenoxy) is 1. The van der Waals surface area contributed by atoms with Crippen LogP contribution in [0.15, 0.2) is 41.3 Å². The van der Waals surface area contributed by atoms with E-state index in [0.29, 0.717) is 50.0 Å². The first-order chi connectivity index (χ1) is 15.4. The quantitative estimate of drug-likeness (QED) is 0.610. The van der Waals surface area contributed by atoms with Gasteiger partial charge in [-0.05, 0) is 37.8 Å². The van der Waals surface area contributed by atoms with Crippen molar-refractivity contribution in [1.82, 2.24) is 24.8 Å². The number of rotatable bonds is 6. The van der Waals surface area contributed by atoms with Gasteiger partial charge in [0.05, 0.1) is 7.11 Å². The number of piperidine rings is 1. The smallest absolute Gasteiger partial charge is 0.274 e. The number of para-hydroxylation sites is 1. The van der Waals surface area contributed by atoms with Gasteiger partial charge in [0.1, 0.15) is 11.3 Å². The summed E-state index contributed by atoms with van der Waals surface area (Å²) in [7, 11) is 1.62. The highest BCUT2D eigenvalue weighted by Crippen LogP contribution is 2.19. The van der Waals surface area contributed by atoms with Gasteiger partial charge >= 0.3 is 0 Å². The first kappa shape index (κ1) is 21.6. The van der Waals surface area contributed by atoms with Crippen LogP contribution < -0.4 is 15.6 Å². The SMILES string of the molecule is COc1ccccc1CCC(=O)NC1CCN(C(=O)c2cc3c(=O)[nH]c(C)cn3n2)CC1. The van der Waals surface area contributed by atoms with Crippen molar-refractivity contribution in [2.24, 2.45) is 0 Å². The summed E-state index contributed by atoms with van der Waals surface area (Å²) in [5, 5.41) is 7.35. The maximum atomic E-state index is 12.9. The van der Waals surface area contributed by atoms with Gasteiger partial charge in [0, 0.05) is 43.5 Å². The largest absolute Gasteiger partial charge is 0.496 e. The van der Waals surface area contributed by atoms with Gasteiger partial charge in [-0.15, -0.1) is 0 Å². The lowest BCUT2D eigenvalue weighted by Gasteiger charge is -2.32. The third-order valence-corrected chi connectivity index (χ3v) is 5.78. The Labute approximate surface area is 185 Å². The monoisotopic (exact) mass is 437 g/mol. The number of likely N-dealkylation sites (tertiary alicyclic amines) is 1. The number of methoxy groups -OCH3 is 1. The van der Waals surface area contributed by atoms with Crippen LogP contribution in [0.5, 0.6) is 5.75 Å². The van der Waals surface area contributed by atoms with E-state index in [0.717, 1.165) is 11.3 Å². The summed E-state index contributed by atoms with van der Waals surface area (Å²) >= 11 is 0. The molecule has 2 aromatic heterocycles. The van der Waals surface area contributed by atoms with Crippen molar-refractivity contribution in [3.05, 3.63) is 63.8 Å². The number of carbonyl (C=O) groups is 2. The molecule has 32 heavy (non-hydrogen) atoms. The third kappa shape index (κ3) is 4.66. The van der Waals surface area contributed by atoms with Crippen LogP contribution in [0.2, 0.25) is 0 Å². The van der Waals surface area contributed by atoms with Gasteiger partial charge in [-0.3, -0.25) is 14.4 Å². The van der Waals surface area contributed by atoms with Crippen LogP contribution in [-0.4, -0.2) is 57.6 Å². The Balaban J connectivity index is 1.29. The van der Waals surface area contributed by atoms with E-state index < -0.39 is 0 Å². The number of carbonyl (C=O) groups excluding carboxylic acids is 2. The second kappa shape index (κ2) is 9.25. The Morgan fingerprint density at radius 2 is 2.00 bits per heavy atom. The molecule has 168 valence electrons.